The number of β-lactam (4-membered cyclic amide) rings is 1. The Hall–Kier alpha value is -1.06. The Labute approximate surface area is 169 Å². The average molecular weight is 389 g/mol. The minimum Gasteiger partial charge on any atom is -0.306 e. The summed E-state index contributed by atoms with van der Waals surface area (Å²) in [7, 11) is 0. The lowest BCUT2D eigenvalue weighted by Crippen LogP contribution is -2.68. The SMILES string of the molecule is Cl.O=C1CC2(CCN(C3CC4CCCCCC4C3)CC2)N1c1ccccc1. The number of fused-ring (bicyclic) bond motifs is 1. The normalized spacial score (nSPS) is 33.1. The van der Waals surface area contributed by atoms with Crippen LogP contribution >= 0.6 is 12.4 Å². The number of para-hydroxylation sites is 1. The number of rotatable bonds is 2. The van der Waals surface area contributed by atoms with Crippen molar-refractivity contribution in [2.75, 3.05) is 18.0 Å². The molecule has 0 N–H and O–H groups in total. The highest BCUT2D eigenvalue weighted by Gasteiger charge is 2.53. The smallest absolute Gasteiger partial charge is 0.229 e. The Bertz CT molecular complexity index is 642. The lowest BCUT2D eigenvalue weighted by molar-refractivity contribution is -0.129. The van der Waals surface area contributed by atoms with E-state index in [0.29, 0.717) is 5.91 Å². The van der Waals surface area contributed by atoms with Gasteiger partial charge >= 0.3 is 0 Å². The van der Waals surface area contributed by atoms with Crippen molar-refractivity contribution in [3.05, 3.63) is 30.3 Å². The zero-order chi connectivity index (χ0) is 17.6. The number of carbonyl (C=O) groups is 1. The van der Waals surface area contributed by atoms with Crippen molar-refractivity contribution >= 4 is 24.0 Å². The summed E-state index contributed by atoms with van der Waals surface area (Å²) in [6, 6.07) is 11.1. The molecule has 3 nitrogen and oxygen atoms in total. The number of piperidine rings is 1. The van der Waals surface area contributed by atoms with Crippen LogP contribution in [0.5, 0.6) is 0 Å². The van der Waals surface area contributed by atoms with Gasteiger partial charge in [0, 0.05) is 24.8 Å². The Morgan fingerprint density at radius 1 is 0.889 bits per heavy atom. The van der Waals surface area contributed by atoms with E-state index in [0.717, 1.165) is 42.8 Å². The Morgan fingerprint density at radius 2 is 1.52 bits per heavy atom. The summed E-state index contributed by atoms with van der Waals surface area (Å²) in [4.78, 5) is 17.3. The van der Waals surface area contributed by atoms with Crippen LogP contribution in [0.15, 0.2) is 30.3 Å². The van der Waals surface area contributed by atoms with Crippen molar-refractivity contribution in [1.82, 2.24) is 4.90 Å². The Balaban J connectivity index is 0.00000180. The van der Waals surface area contributed by atoms with Crippen LogP contribution in [0, 0.1) is 11.8 Å². The van der Waals surface area contributed by atoms with Gasteiger partial charge in [-0.25, -0.2) is 0 Å². The van der Waals surface area contributed by atoms with Crippen LogP contribution in [-0.2, 0) is 4.79 Å². The first-order chi connectivity index (χ1) is 12.8. The van der Waals surface area contributed by atoms with Gasteiger partial charge in [0.05, 0.1) is 12.0 Å². The molecule has 1 amide bonds. The summed E-state index contributed by atoms with van der Waals surface area (Å²) in [5.74, 6) is 2.32. The summed E-state index contributed by atoms with van der Waals surface area (Å²) in [5, 5.41) is 0. The minimum absolute atomic E-state index is 0. The maximum absolute atomic E-state index is 12.4. The molecule has 2 aliphatic carbocycles. The topological polar surface area (TPSA) is 23.6 Å². The molecule has 2 saturated carbocycles. The maximum Gasteiger partial charge on any atom is 0.229 e. The molecule has 4 heteroatoms. The second kappa shape index (κ2) is 7.75. The van der Waals surface area contributed by atoms with Gasteiger partial charge in [-0.05, 0) is 49.7 Å². The molecule has 5 rings (SSSR count). The molecule has 1 spiro atoms. The van der Waals surface area contributed by atoms with Crippen molar-refractivity contribution in [3.8, 4) is 0 Å². The van der Waals surface area contributed by atoms with E-state index < -0.39 is 0 Å². The van der Waals surface area contributed by atoms with Gasteiger partial charge in [-0.3, -0.25) is 4.79 Å². The predicted octanol–water partition coefficient (Wildman–Crippen LogP) is 5.04. The Kier molecular flexibility index (Phi) is 5.53. The molecule has 2 heterocycles. The molecule has 0 radical (unpaired) electrons. The monoisotopic (exact) mass is 388 g/mol. The van der Waals surface area contributed by atoms with Gasteiger partial charge in [-0.15, -0.1) is 12.4 Å². The molecule has 0 bridgehead atoms. The van der Waals surface area contributed by atoms with E-state index >= 15 is 0 Å². The standard InChI is InChI=1S/C23H32N2O.ClH/c26-22-17-23(25(22)20-9-5-2-6-10-20)11-13-24(14-12-23)21-15-18-7-3-1-4-8-19(18)16-21;/h2,5-6,9-10,18-19,21H,1,3-4,7-8,11-17H2;1H. The van der Waals surface area contributed by atoms with Crippen molar-refractivity contribution in [2.24, 2.45) is 11.8 Å². The van der Waals surface area contributed by atoms with Crippen LogP contribution in [0.1, 0.15) is 64.2 Å². The number of carbonyl (C=O) groups excluding carboxylic acids is 1. The highest BCUT2D eigenvalue weighted by molar-refractivity contribution is 6.02. The van der Waals surface area contributed by atoms with Gasteiger partial charge in [-0.2, -0.15) is 0 Å². The molecular weight excluding hydrogens is 356 g/mol. The van der Waals surface area contributed by atoms with E-state index in [1.54, 1.807) is 0 Å². The Morgan fingerprint density at radius 3 is 2.11 bits per heavy atom. The first kappa shape index (κ1) is 19.3. The van der Waals surface area contributed by atoms with Gasteiger partial charge in [-0.1, -0.05) is 50.3 Å². The molecule has 4 fully saturated rings. The van der Waals surface area contributed by atoms with E-state index in [-0.39, 0.29) is 17.9 Å². The summed E-state index contributed by atoms with van der Waals surface area (Å²) in [6.45, 7) is 2.36. The van der Waals surface area contributed by atoms with E-state index in [1.165, 1.54) is 58.0 Å². The van der Waals surface area contributed by atoms with Crippen LogP contribution in [0.2, 0.25) is 0 Å². The number of hydrogen-bond acceptors (Lipinski definition) is 2. The largest absolute Gasteiger partial charge is 0.306 e. The molecule has 0 aromatic heterocycles. The lowest BCUT2D eigenvalue weighted by Gasteiger charge is -2.56. The van der Waals surface area contributed by atoms with E-state index in [9.17, 15) is 4.79 Å². The van der Waals surface area contributed by atoms with E-state index in [2.05, 4.69) is 21.9 Å². The number of halogens is 1. The zero-order valence-electron chi connectivity index (χ0n) is 16.3. The van der Waals surface area contributed by atoms with Gasteiger partial charge < -0.3 is 9.80 Å². The third kappa shape index (κ3) is 3.42. The minimum atomic E-state index is 0. The quantitative estimate of drug-likeness (QED) is 0.662. The molecule has 1 aromatic carbocycles. The van der Waals surface area contributed by atoms with Crippen molar-refractivity contribution < 1.29 is 4.79 Å². The zero-order valence-corrected chi connectivity index (χ0v) is 17.1. The molecule has 148 valence electrons. The molecule has 2 saturated heterocycles. The average Bonchev–Trinajstić information content (AvgIpc) is 2.93. The second-order valence-electron chi connectivity index (χ2n) is 9.29. The number of nitrogens with zero attached hydrogens (tertiary/aromatic N) is 2. The first-order valence-corrected chi connectivity index (χ1v) is 10.9. The molecule has 27 heavy (non-hydrogen) atoms. The van der Waals surface area contributed by atoms with Crippen LogP contribution in [-0.4, -0.2) is 35.5 Å². The fourth-order valence-corrected chi connectivity index (χ4v) is 6.49. The summed E-state index contributed by atoms with van der Waals surface area (Å²) in [6.07, 6.45) is 13.3. The fraction of sp³-hybridized carbons (Fsp3) is 0.696. The van der Waals surface area contributed by atoms with E-state index in [4.69, 9.17) is 0 Å². The fourth-order valence-electron chi connectivity index (χ4n) is 6.49. The van der Waals surface area contributed by atoms with Crippen molar-refractivity contribution in [1.29, 1.82) is 0 Å². The van der Waals surface area contributed by atoms with Crippen LogP contribution in [0.25, 0.3) is 0 Å². The van der Waals surface area contributed by atoms with Gasteiger partial charge in [0.1, 0.15) is 0 Å². The number of likely N-dealkylation sites (tertiary alicyclic amines) is 1. The number of hydrogen-bond donors (Lipinski definition) is 0. The molecule has 4 aliphatic rings. The number of anilines is 1. The molecule has 2 unspecified atom stereocenters. The second-order valence-corrected chi connectivity index (χ2v) is 9.29. The maximum atomic E-state index is 12.4. The van der Waals surface area contributed by atoms with Crippen LogP contribution < -0.4 is 4.90 Å². The van der Waals surface area contributed by atoms with Gasteiger partial charge in [0.2, 0.25) is 5.91 Å². The van der Waals surface area contributed by atoms with Crippen LogP contribution in [0.4, 0.5) is 5.69 Å². The highest BCUT2D eigenvalue weighted by atomic mass is 35.5. The third-order valence-electron chi connectivity index (χ3n) is 7.93. The van der Waals surface area contributed by atoms with Gasteiger partial charge in [0.15, 0.2) is 0 Å². The van der Waals surface area contributed by atoms with Crippen LogP contribution in [0.3, 0.4) is 0 Å². The predicted molar refractivity (Wildman–Crippen MR) is 112 cm³/mol. The third-order valence-corrected chi connectivity index (χ3v) is 7.93. The van der Waals surface area contributed by atoms with Crippen molar-refractivity contribution in [2.45, 2.75) is 75.8 Å². The van der Waals surface area contributed by atoms with Crippen molar-refractivity contribution in [3.63, 3.8) is 0 Å². The molecule has 2 aliphatic heterocycles. The molecular formula is C23H33ClN2O. The number of amides is 1. The summed E-state index contributed by atoms with van der Waals surface area (Å²) >= 11 is 0. The van der Waals surface area contributed by atoms with Gasteiger partial charge in [0.25, 0.3) is 0 Å². The number of benzene rings is 1. The molecule has 2 atom stereocenters. The summed E-state index contributed by atoms with van der Waals surface area (Å²) < 4.78 is 0. The molecule has 1 aromatic rings. The summed E-state index contributed by atoms with van der Waals surface area (Å²) in [5.41, 5.74) is 1.21. The highest BCUT2D eigenvalue weighted by Crippen LogP contribution is 2.47. The van der Waals surface area contributed by atoms with E-state index in [1.807, 2.05) is 18.2 Å². The first-order valence-electron chi connectivity index (χ1n) is 10.9. The lowest BCUT2D eigenvalue weighted by atomic mass is 9.75.